The van der Waals surface area contributed by atoms with Crippen LogP contribution in [0, 0.1) is 0 Å². The van der Waals surface area contributed by atoms with Crippen LogP contribution < -0.4 is 4.74 Å². The largest absolute Gasteiger partial charge is 0.492 e. The van der Waals surface area contributed by atoms with Crippen molar-refractivity contribution in [1.82, 2.24) is 14.9 Å². The Balaban J connectivity index is 0.00000141. The number of aromatic nitrogens is 2. The van der Waals surface area contributed by atoms with E-state index in [1.165, 1.54) is 5.56 Å². The molecule has 0 radical (unpaired) electrons. The molecule has 4 rings (SSSR count). The molecule has 0 saturated carbocycles. The maximum atomic E-state index is 12.2. The number of ether oxygens (including phenoxy) is 1. The third kappa shape index (κ3) is 5.45. The molecule has 0 atom stereocenters. The van der Waals surface area contributed by atoms with Gasteiger partial charge in [-0.2, -0.15) is 0 Å². The van der Waals surface area contributed by atoms with E-state index in [0.717, 1.165) is 67.5 Å². The molecule has 1 aliphatic heterocycles. The number of hydrogen-bond donors (Lipinski definition) is 0. The van der Waals surface area contributed by atoms with Gasteiger partial charge >= 0.3 is 0 Å². The number of fused-ring (bicyclic) bond motifs is 1. The van der Waals surface area contributed by atoms with E-state index in [2.05, 4.69) is 27.9 Å². The zero-order valence-corrected chi connectivity index (χ0v) is 19.9. The quantitative estimate of drug-likeness (QED) is 0.443. The van der Waals surface area contributed by atoms with E-state index in [1.807, 2.05) is 44.2 Å². The number of aldehydes is 1. The first-order valence-electron chi connectivity index (χ1n) is 11.4. The van der Waals surface area contributed by atoms with Crippen LogP contribution >= 0.6 is 11.6 Å². The predicted octanol–water partition coefficient (Wildman–Crippen LogP) is 5.48. The highest BCUT2D eigenvalue weighted by atomic mass is 35.5. The molecular weight excluding hydrogens is 422 g/mol. The van der Waals surface area contributed by atoms with Crippen molar-refractivity contribution in [2.75, 3.05) is 26.2 Å². The first-order valence-corrected chi connectivity index (χ1v) is 11.8. The molecule has 32 heavy (non-hydrogen) atoms. The van der Waals surface area contributed by atoms with E-state index in [-0.39, 0.29) is 0 Å². The number of benzene rings is 2. The second-order valence-electron chi connectivity index (χ2n) is 7.83. The topological polar surface area (TPSA) is 55.3 Å². The van der Waals surface area contributed by atoms with Crippen molar-refractivity contribution < 1.29 is 9.53 Å². The lowest BCUT2D eigenvalue weighted by Crippen LogP contribution is -2.45. The smallest absolute Gasteiger partial charge is 0.130 e. The summed E-state index contributed by atoms with van der Waals surface area (Å²) in [5, 5.41) is 0.694. The van der Waals surface area contributed by atoms with Crippen molar-refractivity contribution in [2.24, 2.45) is 0 Å². The SMILES string of the molecule is CC.CCc1ccc(Cl)cc1C1(C=O)CCN(CCOc2ccc3nccnc3c2)CC1. The summed E-state index contributed by atoms with van der Waals surface area (Å²) in [5.74, 6) is 0.800. The molecule has 1 aliphatic rings. The summed E-state index contributed by atoms with van der Waals surface area (Å²) >= 11 is 6.25. The molecule has 0 aliphatic carbocycles. The van der Waals surface area contributed by atoms with E-state index in [0.29, 0.717) is 11.6 Å². The van der Waals surface area contributed by atoms with Crippen LogP contribution in [0.5, 0.6) is 5.75 Å². The first kappa shape index (κ1) is 24.1. The zero-order valence-electron chi connectivity index (χ0n) is 19.2. The van der Waals surface area contributed by atoms with Crippen LogP contribution in [0.3, 0.4) is 0 Å². The van der Waals surface area contributed by atoms with Gasteiger partial charge in [-0.1, -0.05) is 38.4 Å². The van der Waals surface area contributed by atoms with Gasteiger partial charge in [0.25, 0.3) is 0 Å². The number of carbonyl (C=O) groups excluding carboxylic acids is 1. The van der Waals surface area contributed by atoms with Gasteiger partial charge in [-0.05, 0) is 67.7 Å². The van der Waals surface area contributed by atoms with Crippen molar-refractivity contribution in [3.63, 3.8) is 0 Å². The van der Waals surface area contributed by atoms with Gasteiger partial charge in [-0.15, -0.1) is 0 Å². The van der Waals surface area contributed by atoms with Gasteiger partial charge in [0, 0.05) is 30.0 Å². The second-order valence-corrected chi connectivity index (χ2v) is 8.26. The summed E-state index contributed by atoms with van der Waals surface area (Å²) in [6, 6.07) is 11.7. The molecule has 1 fully saturated rings. The fourth-order valence-electron chi connectivity index (χ4n) is 4.27. The van der Waals surface area contributed by atoms with Crippen molar-refractivity contribution in [1.29, 1.82) is 0 Å². The molecule has 0 amide bonds. The van der Waals surface area contributed by atoms with E-state index in [4.69, 9.17) is 16.3 Å². The minimum Gasteiger partial charge on any atom is -0.492 e. The summed E-state index contributed by atoms with van der Waals surface area (Å²) in [6.45, 7) is 9.26. The summed E-state index contributed by atoms with van der Waals surface area (Å²) in [6.07, 6.45) is 7.01. The fourth-order valence-corrected chi connectivity index (χ4v) is 4.44. The molecule has 0 unspecified atom stereocenters. The Morgan fingerprint density at radius 1 is 1.06 bits per heavy atom. The van der Waals surface area contributed by atoms with Crippen LogP contribution in [0.15, 0.2) is 48.8 Å². The number of carbonyl (C=O) groups is 1. The molecule has 0 bridgehead atoms. The maximum absolute atomic E-state index is 12.2. The number of halogens is 1. The summed E-state index contributed by atoms with van der Waals surface area (Å²) in [5.41, 5.74) is 3.56. The normalized spacial score (nSPS) is 15.6. The van der Waals surface area contributed by atoms with Crippen LogP contribution in [0.2, 0.25) is 5.02 Å². The molecule has 5 nitrogen and oxygen atoms in total. The number of piperidine rings is 1. The van der Waals surface area contributed by atoms with Crippen LogP contribution in [0.4, 0.5) is 0 Å². The van der Waals surface area contributed by atoms with Crippen LogP contribution in [-0.2, 0) is 16.6 Å². The van der Waals surface area contributed by atoms with Crippen molar-refractivity contribution in [2.45, 2.75) is 45.4 Å². The Hall–Kier alpha value is -2.50. The lowest BCUT2D eigenvalue weighted by atomic mass is 9.72. The Morgan fingerprint density at radius 2 is 1.78 bits per heavy atom. The number of hydrogen-bond acceptors (Lipinski definition) is 5. The Morgan fingerprint density at radius 3 is 2.47 bits per heavy atom. The molecular formula is C26H32ClN3O2. The number of aryl methyl sites for hydroxylation is 1. The third-order valence-electron chi connectivity index (χ3n) is 6.08. The standard InChI is InChI=1S/C24H26ClN3O2.C2H6/c1-2-18-3-4-19(25)15-21(18)24(17-29)7-11-28(12-8-24)13-14-30-20-5-6-22-23(16-20)27-10-9-26-22;1-2/h3-6,9-10,15-17H,2,7-8,11-14H2,1H3;1-2H3. The Bertz CT molecular complexity index is 1030. The monoisotopic (exact) mass is 453 g/mol. The van der Waals surface area contributed by atoms with Gasteiger partial charge in [0.2, 0.25) is 0 Å². The van der Waals surface area contributed by atoms with Gasteiger partial charge in [0.15, 0.2) is 0 Å². The highest BCUT2D eigenvalue weighted by Crippen LogP contribution is 2.37. The van der Waals surface area contributed by atoms with E-state index < -0.39 is 5.41 Å². The van der Waals surface area contributed by atoms with E-state index in [1.54, 1.807) is 12.4 Å². The molecule has 1 saturated heterocycles. The Labute approximate surface area is 195 Å². The van der Waals surface area contributed by atoms with Gasteiger partial charge in [0.1, 0.15) is 18.6 Å². The molecule has 0 spiro atoms. The highest BCUT2D eigenvalue weighted by Gasteiger charge is 2.37. The molecule has 2 heterocycles. The van der Waals surface area contributed by atoms with Crippen molar-refractivity contribution >= 4 is 28.9 Å². The molecule has 1 aromatic heterocycles. The highest BCUT2D eigenvalue weighted by molar-refractivity contribution is 6.30. The molecule has 170 valence electrons. The number of rotatable bonds is 7. The zero-order chi connectivity index (χ0) is 23.0. The second kappa shape index (κ2) is 11.4. The van der Waals surface area contributed by atoms with Crippen molar-refractivity contribution in [3.8, 4) is 5.75 Å². The summed E-state index contributed by atoms with van der Waals surface area (Å²) < 4.78 is 5.94. The molecule has 3 aromatic rings. The first-order chi connectivity index (χ1) is 15.6. The van der Waals surface area contributed by atoms with Crippen LogP contribution in [-0.4, -0.2) is 47.4 Å². The molecule has 6 heteroatoms. The van der Waals surface area contributed by atoms with Gasteiger partial charge in [0.05, 0.1) is 16.4 Å². The molecule has 2 aromatic carbocycles. The Kier molecular flexibility index (Phi) is 8.60. The van der Waals surface area contributed by atoms with Crippen LogP contribution in [0.25, 0.3) is 11.0 Å². The third-order valence-corrected chi connectivity index (χ3v) is 6.32. The van der Waals surface area contributed by atoms with Crippen LogP contribution in [0.1, 0.15) is 44.7 Å². The summed E-state index contributed by atoms with van der Waals surface area (Å²) in [4.78, 5) is 23.1. The van der Waals surface area contributed by atoms with Gasteiger partial charge in [-0.25, -0.2) is 0 Å². The van der Waals surface area contributed by atoms with Gasteiger partial charge < -0.3 is 9.53 Å². The number of nitrogens with zero attached hydrogens (tertiary/aromatic N) is 3. The summed E-state index contributed by atoms with van der Waals surface area (Å²) in [7, 11) is 0. The number of likely N-dealkylation sites (tertiary alicyclic amines) is 1. The van der Waals surface area contributed by atoms with E-state index >= 15 is 0 Å². The van der Waals surface area contributed by atoms with Crippen molar-refractivity contribution in [3.05, 3.63) is 64.9 Å². The fraction of sp³-hybridized carbons (Fsp3) is 0.423. The predicted molar refractivity (Wildman–Crippen MR) is 131 cm³/mol. The van der Waals surface area contributed by atoms with E-state index in [9.17, 15) is 4.79 Å². The average Bonchev–Trinajstić information content (AvgIpc) is 2.86. The minimum atomic E-state index is -0.440. The minimum absolute atomic E-state index is 0.440. The van der Waals surface area contributed by atoms with Gasteiger partial charge in [-0.3, -0.25) is 14.9 Å². The average molecular weight is 454 g/mol. The lowest BCUT2D eigenvalue weighted by molar-refractivity contribution is -0.114. The maximum Gasteiger partial charge on any atom is 0.130 e. The lowest BCUT2D eigenvalue weighted by Gasteiger charge is -2.39. The molecule has 0 N–H and O–H groups in total.